The average Bonchev–Trinajstić information content (AvgIpc) is 3.09. The van der Waals surface area contributed by atoms with E-state index in [2.05, 4.69) is 24.8 Å². The van der Waals surface area contributed by atoms with E-state index < -0.39 is 0 Å². The molecule has 23 heavy (non-hydrogen) atoms. The highest BCUT2D eigenvalue weighted by Crippen LogP contribution is 2.54. The SMILES string of the molecule is C=C1c2ccccc2N(Cc2ccccc2)C(=O)C12CCCC2. The summed E-state index contributed by atoms with van der Waals surface area (Å²) in [5.74, 6) is 0.238. The maximum absolute atomic E-state index is 13.4. The molecule has 1 saturated carbocycles. The molecule has 1 heterocycles. The Balaban J connectivity index is 1.82. The van der Waals surface area contributed by atoms with Gasteiger partial charge in [0.15, 0.2) is 0 Å². The summed E-state index contributed by atoms with van der Waals surface area (Å²) in [6, 6.07) is 18.4. The van der Waals surface area contributed by atoms with Crippen LogP contribution in [0.1, 0.15) is 36.8 Å². The number of carbonyl (C=O) groups is 1. The maximum atomic E-state index is 13.4. The van der Waals surface area contributed by atoms with Crippen molar-refractivity contribution < 1.29 is 4.79 Å². The Kier molecular flexibility index (Phi) is 3.33. The van der Waals surface area contributed by atoms with Gasteiger partial charge >= 0.3 is 0 Å². The van der Waals surface area contributed by atoms with E-state index in [4.69, 9.17) is 0 Å². The maximum Gasteiger partial charge on any atom is 0.237 e. The van der Waals surface area contributed by atoms with Crippen molar-refractivity contribution in [2.45, 2.75) is 32.2 Å². The number of anilines is 1. The molecule has 2 nitrogen and oxygen atoms in total. The van der Waals surface area contributed by atoms with Crippen molar-refractivity contribution in [1.82, 2.24) is 0 Å². The lowest BCUT2D eigenvalue weighted by molar-refractivity contribution is -0.125. The minimum absolute atomic E-state index is 0.238. The Morgan fingerprint density at radius 2 is 1.61 bits per heavy atom. The molecule has 1 fully saturated rings. The summed E-state index contributed by atoms with van der Waals surface area (Å²) < 4.78 is 0. The Morgan fingerprint density at radius 3 is 2.35 bits per heavy atom. The molecule has 0 N–H and O–H groups in total. The number of fused-ring (bicyclic) bond motifs is 1. The second kappa shape index (κ2) is 5.38. The van der Waals surface area contributed by atoms with Crippen molar-refractivity contribution in [3.63, 3.8) is 0 Å². The smallest absolute Gasteiger partial charge is 0.237 e. The first-order valence-corrected chi connectivity index (χ1v) is 8.37. The minimum atomic E-state index is -0.372. The number of carbonyl (C=O) groups excluding carboxylic acids is 1. The Bertz CT molecular complexity index is 756. The molecule has 0 saturated heterocycles. The fourth-order valence-corrected chi connectivity index (χ4v) is 4.14. The highest BCUT2D eigenvalue weighted by Gasteiger charge is 2.50. The van der Waals surface area contributed by atoms with Gasteiger partial charge in [-0.25, -0.2) is 0 Å². The van der Waals surface area contributed by atoms with Gasteiger partial charge in [0.1, 0.15) is 0 Å². The van der Waals surface area contributed by atoms with Crippen LogP contribution in [-0.2, 0) is 11.3 Å². The second-order valence-corrected chi connectivity index (χ2v) is 6.66. The number of amides is 1. The van der Waals surface area contributed by atoms with Gasteiger partial charge in [-0.15, -0.1) is 0 Å². The molecule has 1 aliphatic carbocycles. The predicted molar refractivity (Wildman–Crippen MR) is 94.0 cm³/mol. The zero-order valence-electron chi connectivity index (χ0n) is 13.3. The van der Waals surface area contributed by atoms with Crippen LogP contribution in [0.4, 0.5) is 5.69 Å². The molecular formula is C21H21NO. The van der Waals surface area contributed by atoms with Gasteiger partial charge in [-0.2, -0.15) is 0 Å². The van der Waals surface area contributed by atoms with Gasteiger partial charge in [0.2, 0.25) is 5.91 Å². The number of nitrogens with zero attached hydrogens (tertiary/aromatic N) is 1. The van der Waals surface area contributed by atoms with Crippen LogP contribution in [0.2, 0.25) is 0 Å². The Labute approximate surface area is 137 Å². The van der Waals surface area contributed by atoms with Crippen LogP contribution in [0, 0.1) is 5.41 Å². The predicted octanol–water partition coefficient (Wildman–Crippen LogP) is 4.81. The molecule has 1 aliphatic heterocycles. The molecule has 1 amide bonds. The third-order valence-corrected chi connectivity index (χ3v) is 5.39. The van der Waals surface area contributed by atoms with E-state index in [1.54, 1.807) is 0 Å². The highest BCUT2D eigenvalue weighted by molar-refractivity contribution is 6.11. The van der Waals surface area contributed by atoms with E-state index in [1.807, 2.05) is 41.3 Å². The van der Waals surface area contributed by atoms with Crippen LogP contribution in [0.25, 0.3) is 5.57 Å². The first kappa shape index (κ1) is 14.3. The van der Waals surface area contributed by atoms with Crippen molar-refractivity contribution in [3.8, 4) is 0 Å². The molecule has 0 unspecified atom stereocenters. The zero-order valence-corrected chi connectivity index (χ0v) is 13.3. The van der Waals surface area contributed by atoms with Gasteiger partial charge in [0, 0.05) is 5.56 Å². The van der Waals surface area contributed by atoms with E-state index in [0.29, 0.717) is 6.54 Å². The fourth-order valence-electron chi connectivity index (χ4n) is 4.14. The summed E-state index contributed by atoms with van der Waals surface area (Å²) >= 11 is 0. The normalized spacial score (nSPS) is 19.2. The van der Waals surface area contributed by atoms with Crippen LogP contribution >= 0.6 is 0 Å². The standard InChI is InChI=1S/C21H21NO/c1-16-18-11-5-6-12-19(18)22(15-17-9-3-2-4-10-17)20(23)21(16)13-7-8-14-21/h2-6,9-12H,1,7-8,13-15H2. The number of para-hydroxylation sites is 1. The third-order valence-electron chi connectivity index (χ3n) is 5.39. The lowest BCUT2D eigenvalue weighted by atomic mass is 9.71. The lowest BCUT2D eigenvalue weighted by Gasteiger charge is -2.42. The topological polar surface area (TPSA) is 20.3 Å². The third kappa shape index (κ3) is 2.13. The minimum Gasteiger partial charge on any atom is -0.307 e. The van der Waals surface area contributed by atoms with Gasteiger partial charge < -0.3 is 4.90 Å². The molecule has 1 spiro atoms. The molecule has 2 heteroatoms. The average molecular weight is 303 g/mol. The van der Waals surface area contributed by atoms with Crippen LogP contribution in [0.5, 0.6) is 0 Å². The van der Waals surface area contributed by atoms with Crippen molar-refractivity contribution in [2.24, 2.45) is 5.41 Å². The van der Waals surface area contributed by atoms with Gasteiger partial charge in [-0.05, 0) is 30.0 Å². The highest BCUT2D eigenvalue weighted by atomic mass is 16.2. The monoisotopic (exact) mass is 303 g/mol. The summed E-state index contributed by atoms with van der Waals surface area (Å²) in [6.45, 7) is 4.97. The van der Waals surface area contributed by atoms with Crippen LogP contribution in [0.15, 0.2) is 61.2 Å². The van der Waals surface area contributed by atoms with Crippen molar-refractivity contribution >= 4 is 17.2 Å². The summed E-state index contributed by atoms with van der Waals surface area (Å²) in [5, 5.41) is 0. The van der Waals surface area contributed by atoms with Gasteiger partial charge in [-0.1, -0.05) is 68.0 Å². The first-order chi connectivity index (χ1) is 11.2. The summed E-state index contributed by atoms with van der Waals surface area (Å²) in [6.07, 6.45) is 4.10. The summed E-state index contributed by atoms with van der Waals surface area (Å²) in [7, 11) is 0. The lowest BCUT2D eigenvalue weighted by Crippen LogP contribution is -2.46. The molecule has 4 rings (SSSR count). The van der Waals surface area contributed by atoms with E-state index in [1.165, 1.54) is 0 Å². The van der Waals surface area contributed by atoms with Crippen LogP contribution in [0.3, 0.4) is 0 Å². The van der Waals surface area contributed by atoms with Crippen LogP contribution < -0.4 is 4.90 Å². The van der Waals surface area contributed by atoms with E-state index in [-0.39, 0.29) is 11.3 Å². The molecule has 0 aromatic heterocycles. The number of hydrogen-bond donors (Lipinski definition) is 0. The Morgan fingerprint density at radius 1 is 0.957 bits per heavy atom. The molecule has 2 aromatic carbocycles. The first-order valence-electron chi connectivity index (χ1n) is 8.37. The van der Waals surface area contributed by atoms with Crippen molar-refractivity contribution in [2.75, 3.05) is 4.90 Å². The molecule has 0 radical (unpaired) electrons. The molecule has 116 valence electrons. The van der Waals surface area contributed by atoms with E-state index >= 15 is 0 Å². The van der Waals surface area contributed by atoms with Crippen molar-refractivity contribution in [3.05, 3.63) is 72.3 Å². The molecule has 0 atom stereocenters. The number of benzene rings is 2. The molecular weight excluding hydrogens is 282 g/mol. The van der Waals surface area contributed by atoms with Crippen molar-refractivity contribution in [1.29, 1.82) is 0 Å². The molecule has 2 aromatic rings. The van der Waals surface area contributed by atoms with Crippen LogP contribution in [-0.4, -0.2) is 5.91 Å². The second-order valence-electron chi connectivity index (χ2n) is 6.66. The summed E-state index contributed by atoms with van der Waals surface area (Å²) in [5.41, 5.74) is 3.97. The van der Waals surface area contributed by atoms with Gasteiger partial charge in [0.05, 0.1) is 17.6 Å². The van der Waals surface area contributed by atoms with Gasteiger partial charge in [0.25, 0.3) is 0 Å². The summed E-state index contributed by atoms with van der Waals surface area (Å²) in [4.78, 5) is 15.4. The molecule has 0 bridgehead atoms. The number of hydrogen-bond acceptors (Lipinski definition) is 1. The Hall–Kier alpha value is -2.35. The quantitative estimate of drug-likeness (QED) is 0.780. The zero-order chi connectivity index (χ0) is 15.9. The fraction of sp³-hybridized carbons (Fsp3) is 0.286. The molecule has 2 aliphatic rings. The largest absolute Gasteiger partial charge is 0.307 e. The van der Waals surface area contributed by atoms with Gasteiger partial charge in [-0.3, -0.25) is 4.79 Å². The van der Waals surface area contributed by atoms with E-state index in [0.717, 1.165) is 48.1 Å². The van der Waals surface area contributed by atoms with E-state index in [9.17, 15) is 4.79 Å². The number of rotatable bonds is 2.